The Morgan fingerprint density at radius 3 is 2.77 bits per heavy atom. The molecule has 1 aliphatic carbocycles. The van der Waals surface area contributed by atoms with Gasteiger partial charge in [-0.1, -0.05) is 41.3 Å². The molecule has 5 nitrogen and oxygen atoms in total. The molecule has 1 aliphatic rings. The van der Waals surface area contributed by atoms with Gasteiger partial charge in [0.05, 0.1) is 0 Å². The molecule has 2 aromatic rings. The lowest BCUT2D eigenvalue weighted by Crippen LogP contribution is -2.55. The summed E-state index contributed by atoms with van der Waals surface area (Å²) in [6.07, 6.45) is 6.30. The highest BCUT2D eigenvalue weighted by Gasteiger charge is 2.38. The van der Waals surface area contributed by atoms with E-state index in [1.54, 1.807) is 6.07 Å². The van der Waals surface area contributed by atoms with Crippen LogP contribution in [0.5, 0.6) is 0 Å². The minimum atomic E-state index is -0.186. The fraction of sp³-hybridized carbons (Fsp3) is 0.526. The van der Waals surface area contributed by atoms with E-state index in [0.29, 0.717) is 41.0 Å². The van der Waals surface area contributed by atoms with Crippen LogP contribution >= 0.6 is 23.2 Å². The van der Waals surface area contributed by atoms with E-state index < -0.39 is 0 Å². The average Bonchev–Trinajstić information content (AvgIpc) is 3.03. The highest BCUT2D eigenvalue weighted by atomic mass is 35.5. The second-order valence-corrected chi connectivity index (χ2v) is 7.75. The molecular formula is C19H23Cl2N3O2. The predicted octanol–water partition coefficient (Wildman–Crippen LogP) is 4.54. The summed E-state index contributed by atoms with van der Waals surface area (Å²) in [5.41, 5.74) is 0.836. The Morgan fingerprint density at radius 1 is 1.35 bits per heavy atom. The fourth-order valence-corrected chi connectivity index (χ4v) is 3.75. The maximum atomic E-state index is 12.4. The quantitative estimate of drug-likeness (QED) is 0.711. The van der Waals surface area contributed by atoms with E-state index in [0.717, 1.165) is 37.7 Å². The minimum Gasteiger partial charge on any atom is -0.350 e. The molecule has 0 aliphatic heterocycles. The van der Waals surface area contributed by atoms with Gasteiger partial charge < -0.3 is 9.84 Å². The van der Waals surface area contributed by atoms with E-state index in [9.17, 15) is 4.79 Å². The van der Waals surface area contributed by atoms with Crippen molar-refractivity contribution in [1.29, 1.82) is 0 Å². The molecule has 0 bridgehead atoms. The van der Waals surface area contributed by atoms with Crippen LogP contribution < -0.4 is 5.32 Å². The van der Waals surface area contributed by atoms with Gasteiger partial charge >= 0.3 is 0 Å². The van der Waals surface area contributed by atoms with Gasteiger partial charge in [0.2, 0.25) is 11.8 Å². The molecule has 7 heteroatoms. The first-order valence-corrected chi connectivity index (χ1v) is 9.82. The summed E-state index contributed by atoms with van der Waals surface area (Å²) in [6.45, 7) is 1.98. The van der Waals surface area contributed by atoms with Gasteiger partial charge in [0.1, 0.15) is 0 Å². The van der Waals surface area contributed by atoms with Crippen LogP contribution in [0.3, 0.4) is 0 Å². The maximum absolute atomic E-state index is 12.4. The zero-order valence-electron chi connectivity index (χ0n) is 14.9. The van der Waals surface area contributed by atoms with Crippen LogP contribution in [0.25, 0.3) is 0 Å². The summed E-state index contributed by atoms with van der Waals surface area (Å²) in [7, 11) is 0. The first kappa shape index (κ1) is 19.2. The molecule has 0 unspecified atom stereocenters. The van der Waals surface area contributed by atoms with Crippen LogP contribution in [0.4, 0.5) is 0 Å². The van der Waals surface area contributed by atoms with E-state index in [-0.39, 0.29) is 11.4 Å². The summed E-state index contributed by atoms with van der Waals surface area (Å²) in [4.78, 5) is 16.7. The van der Waals surface area contributed by atoms with Crippen LogP contribution in [-0.2, 0) is 24.1 Å². The number of benzene rings is 1. The molecule has 0 atom stereocenters. The third-order valence-electron chi connectivity index (χ3n) is 4.88. The Kier molecular flexibility index (Phi) is 6.20. The maximum Gasteiger partial charge on any atom is 0.226 e. The topological polar surface area (TPSA) is 68.0 Å². The molecule has 140 valence electrons. The number of rotatable bonds is 8. The fourth-order valence-electron chi connectivity index (χ4n) is 3.27. The van der Waals surface area contributed by atoms with Crippen LogP contribution in [0.15, 0.2) is 22.7 Å². The van der Waals surface area contributed by atoms with Gasteiger partial charge in [-0.2, -0.15) is 4.98 Å². The van der Waals surface area contributed by atoms with Crippen molar-refractivity contribution < 1.29 is 9.32 Å². The SMILES string of the molecule is CCc1noc(CCCC(=O)NC2(Cc3ccc(Cl)cc3Cl)CCC2)n1. The number of hydrogen-bond acceptors (Lipinski definition) is 4. The zero-order valence-corrected chi connectivity index (χ0v) is 16.4. The molecule has 1 amide bonds. The second kappa shape index (κ2) is 8.40. The molecule has 1 saturated carbocycles. The van der Waals surface area contributed by atoms with Crippen molar-refractivity contribution >= 4 is 29.1 Å². The number of hydrogen-bond donors (Lipinski definition) is 1. The van der Waals surface area contributed by atoms with Crippen molar-refractivity contribution in [1.82, 2.24) is 15.5 Å². The van der Waals surface area contributed by atoms with Crippen LogP contribution in [0.1, 0.15) is 56.3 Å². The highest BCUT2D eigenvalue weighted by molar-refractivity contribution is 6.35. The lowest BCUT2D eigenvalue weighted by molar-refractivity contribution is -0.124. The second-order valence-electron chi connectivity index (χ2n) is 6.91. The number of carbonyl (C=O) groups excluding carboxylic acids is 1. The molecule has 0 saturated heterocycles. The molecule has 1 aromatic carbocycles. The Bertz CT molecular complexity index is 772. The van der Waals surface area contributed by atoms with Gasteiger partial charge in [-0.05, 0) is 49.8 Å². The van der Waals surface area contributed by atoms with Gasteiger partial charge in [0.25, 0.3) is 0 Å². The van der Waals surface area contributed by atoms with Crippen LogP contribution in [0, 0.1) is 0 Å². The number of nitrogens with zero attached hydrogens (tertiary/aromatic N) is 2. The summed E-state index contributed by atoms with van der Waals surface area (Å²) in [5, 5.41) is 8.37. The molecule has 1 heterocycles. The van der Waals surface area contributed by atoms with Gasteiger partial charge in [-0.25, -0.2) is 0 Å². The molecule has 26 heavy (non-hydrogen) atoms. The first-order chi connectivity index (χ1) is 12.5. The van der Waals surface area contributed by atoms with Gasteiger partial charge in [0, 0.05) is 34.8 Å². The Morgan fingerprint density at radius 2 is 2.15 bits per heavy atom. The number of amides is 1. The van der Waals surface area contributed by atoms with E-state index >= 15 is 0 Å². The van der Waals surface area contributed by atoms with Gasteiger partial charge in [-0.15, -0.1) is 0 Å². The zero-order chi connectivity index (χ0) is 18.6. The molecule has 1 aromatic heterocycles. The van der Waals surface area contributed by atoms with Gasteiger partial charge in [0.15, 0.2) is 5.82 Å². The molecule has 1 N–H and O–H groups in total. The smallest absolute Gasteiger partial charge is 0.226 e. The number of aromatic nitrogens is 2. The third kappa shape index (κ3) is 4.77. The van der Waals surface area contributed by atoms with Crippen molar-refractivity contribution in [3.8, 4) is 0 Å². The summed E-state index contributed by atoms with van der Waals surface area (Å²) in [5.74, 6) is 1.36. The number of carbonyl (C=O) groups is 1. The van der Waals surface area contributed by atoms with Crippen LogP contribution in [-0.4, -0.2) is 21.6 Å². The highest BCUT2D eigenvalue weighted by Crippen LogP contribution is 2.37. The predicted molar refractivity (Wildman–Crippen MR) is 102 cm³/mol. The molecule has 0 spiro atoms. The van der Waals surface area contributed by atoms with E-state index in [4.69, 9.17) is 27.7 Å². The van der Waals surface area contributed by atoms with Crippen molar-refractivity contribution in [2.45, 2.75) is 63.8 Å². The van der Waals surface area contributed by atoms with Crippen molar-refractivity contribution in [3.05, 3.63) is 45.5 Å². The van der Waals surface area contributed by atoms with E-state index in [2.05, 4.69) is 15.5 Å². The molecule has 1 fully saturated rings. The number of halogens is 2. The largest absolute Gasteiger partial charge is 0.350 e. The summed E-state index contributed by atoms with van der Waals surface area (Å²) in [6, 6.07) is 5.53. The van der Waals surface area contributed by atoms with Crippen molar-refractivity contribution in [2.24, 2.45) is 0 Å². The number of nitrogens with one attached hydrogen (secondary N) is 1. The lowest BCUT2D eigenvalue weighted by Gasteiger charge is -2.43. The Labute approximate surface area is 163 Å². The summed E-state index contributed by atoms with van der Waals surface area (Å²) >= 11 is 12.3. The lowest BCUT2D eigenvalue weighted by atomic mass is 9.72. The van der Waals surface area contributed by atoms with E-state index in [1.807, 2.05) is 19.1 Å². The number of aryl methyl sites for hydroxylation is 2. The molecule has 0 radical (unpaired) electrons. The van der Waals surface area contributed by atoms with E-state index in [1.165, 1.54) is 0 Å². The molecular weight excluding hydrogens is 373 g/mol. The minimum absolute atomic E-state index is 0.0602. The molecule has 3 rings (SSSR count). The summed E-state index contributed by atoms with van der Waals surface area (Å²) < 4.78 is 5.15. The first-order valence-electron chi connectivity index (χ1n) is 9.06. The Hall–Kier alpha value is -1.59. The standard InChI is InChI=1S/C19H23Cl2N3O2/c1-2-16-22-18(26-24-16)6-3-5-17(25)23-19(9-4-10-19)12-13-7-8-14(20)11-15(13)21/h7-8,11H,2-6,9-10,12H2,1H3,(H,23,25). The van der Waals surface area contributed by atoms with Crippen molar-refractivity contribution in [2.75, 3.05) is 0 Å². The van der Waals surface area contributed by atoms with Gasteiger partial charge in [-0.3, -0.25) is 4.79 Å². The van der Waals surface area contributed by atoms with Crippen molar-refractivity contribution in [3.63, 3.8) is 0 Å². The normalized spacial score (nSPS) is 15.5. The monoisotopic (exact) mass is 395 g/mol. The Balaban J connectivity index is 1.51. The van der Waals surface area contributed by atoms with Crippen LogP contribution in [0.2, 0.25) is 10.0 Å². The average molecular weight is 396 g/mol. The third-order valence-corrected chi connectivity index (χ3v) is 5.47.